The van der Waals surface area contributed by atoms with Crippen LogP contribution in [0.1, 0.15) is 24.9 Å². The number of rotatable bonds is 6. The molecule has 0 fully saturated rings. The summed E-state index contributed by atoms with van der Waals surface area (Å²) in [6.07, 6.45) is 0.859. The quantitative estimate of drug-likeness (QED) is 0.429. The van der Waals surface area contributed by atoms with Gasteiger partial charge in [-0.1, -0.05) is 37.3 Å². The Kier molecular flexibility index (Phi) is 4.73. The second-order valence-corrected chi connectivity index (χ2v) is 4.69. The summed E-state index contributed by atoms with van der Waals surface area (Å²) in [4.78, 5) is 10.5. The van der Waals surface area contributed by atoms with Crippen molar-refractivity contribution >= 4 is 17.1 Å². The Morgan fingerprint density at radius 2 is 1.86 bits per heavy atom. The Balaban J connectivity index is 2.29. The first kappa shape index (κ1) is 14.8. The van der Waals surface area contributed by atoms with Crippen molar-refractivity contribution in [2.75, 3.05) is 10.7 Å². The van der Waals surface area contributed by atoms with Gasteiger partial charge in [-0.25, -0.2) is 0 Å². The van der Waals surface area contributed by atoms with E-state index in [1.165, 1.54) is 12.1 Å². The van der Waals surface area contributed by atoms with Gasteiger partial charge in [-0.3, -0.25) is 16.0 Å². The van der Waals surface area contributed by atoms with Crippen molar-refractivity contribution in [3.63, 3.8) is 0 Å². The molecule has 0 amide bonds. The van der Waals surface area contributed by atoms with Crippen LogP contribution in [0.2, 0.25) is 0 Å². The lowest BCUT2D eigenvalue weighted by Gasteiger charge is -2.19. The molecule has 2 rings (SSSR count). The van der Waals surface area contributed by atoms with Crippen molar-refractivity contribution < 1.29 is 4.92 Å². The van der Waals surface area contributed by atoms with Gasteiger partial charge in [-0.05, 0) is 18.1 Å². The van der Waals surface area contributed by atoms with Crippen LogP contribution in [-0.2, 0) is 0 Å². The summed E-state index contributed by atoms with van der Waals surface area (Å²) in [5.41, 5.74) is 4.73. The highest BCUT2D eigenvalue weighted by Crippen LogP contribution is 2.28. The highest BCUT2D eigenvalue weighted by Gasteiger charge is 2.13. The SMILES string of the molecule is CCC(Nc1cc(NN)cc([N+](=O)[O-])c1)c1ccccc1. The summed E-state index contributed by atoms with van der Waals surface area (Å²) in [5.74, 6) is 5.36. The Bertz CT molecular complexity index is 616. The lowest BCUT2D eigenvalue weighted by atomic mass is 10.0. The Morgan fingerprint density at radius 3 is 2.43 bits per heavy atom. The van der Waals surface area contributed by atoms with E-state index >= 15 is 0 Å². The van der Waals surface area contributed by atoms with Crippen LogP contribution < -0.4 is 16.6 Å². The monoisotopic (exact) mass is 286 g/mol. The summed E-state index contributed by atoms with van der Waals surface area (Å²) in [7, 11) is 0. The third-order valence-corrected chi connectivity index (χ3v) is 3.25. The molecule has 4 N–H and O–H groups in total. The molecular weight excluding hydrogens is 268 g/mol. The van der Waals surface area contributed by atoms with Gasteiger partial charge in [0.05, 0.1) is 16.7 Å². The van der Waals surface area contributed by atoms with Gasteiger partial charge in [0.25, 0.3) is 5.69 Å². The molecule has 0 radical (unpaired) electrons. The number of non-ortho nitro benzene ring substituents is 1. The van der Waals surface area contributed by atoms with E-state index in [1.807, 2.05) is 30.3 Å². The van der Waals surface area contributed by atoms with Gasteiger partial charge < -0.3 is 10.7 Å². The number of nitrogens with one attached hydrogen (secondary N) is 2. The lowest BCUT2D eigenvalue weighted by Crippen LogP contribution is -2.11. The highest BCUT2D eigenvalue weighted by molar-refractivity contribution is 5.63. The number of hydrogen-bond acceptors (Lipinski definition) is 5. The van der Waals surface area contributed by atoms with Crippen LogP contribution in [0.15, 0.2) is 48.5 Å². The summed E-state index contributed by atoms with van der Waals surface area (Å²) in [5, 5.41) is 14.3. The zero-order chi connectivity index (χ0) is 15.2. The Hall–Kier alpha value is -2.60. The first-order valence-electron chi connectivity index (χ1n) is 6.71. The molecule has 1 atom stereocenters. The first-order valence-corrected chi connectivity index (χ1v) is 6.71. The standard InChI is InChI=1S/C15H18N4O2/c1-2-15(11-6-4-3-5-7-11)17-12-8-13(18-16)10-14(9-12)19(20)21/h3-10,15,17-18H,2,16H2,1H3. The van der Waals surface area contributed by atoms with Gasteiger partial charge in [0.2, 0.25) is 0 Å². The molecule has 0 saturated heterocycles. The maximum Gasteiger partial charge on any atom is 0.273 e. The van der Waals surface area contributed by atoms with Gasteiger partial charge >= 0.3 is 0 Å². The van der Waals surface area contributed by atoms with Crippen LogP contribution in [-0.4, -0.2) is 4.92 Å². The minimum atomic E-state index is -0.435. The van der Waals surface area contributed by atoms with Crippen LogP contribution in [0.3, 0.4) is 0 Å². The third kappa shape index (κ3) is 3.70. The van der Waals surface area contributed by atoms with Crippen molar-refractivity contribution in [1.29, 1.82) is 0 Å². The fraction of sp³-hybridized carbons (Fsp3) is 0.200. The Labute approximate surface area is 123 Å². The summed E-state index contributed by atoms with van der Waals surface area (Å²) < 4.78 is 0. The molecule has 110 valence electrons. The van der Waals surface area contributed by atoms with Crippen molar-refractivity contribution in [1.82, 2.24) is 0 Å². The molecule has 0 aliphatic rings. The van der Waals surface area contributed by atoms with E-state index in [2.05, 4.69) is 17.7 Å². The molecule has 6 nitrogen and oxygen atoms in total. The number of nitrogen functional groups attached to an aromatic ring is 1. The number of nitrogens with two attached hydrogens (primary N) is 1. The molecule has 0 spiro atoms. The molecule has 21 heavy (non-hydrogen) atoms. The molecule has 0 aliphatic carbocycles. The van der Waals surface area contributed by atoms with E-state index in [0.29, 0.717) is 11.4 Å². The average molecular weight is 286 g/mol. The summed E-state index contributed by atoms with van der Waals surface area (Å²) in [6.45, 7) is 2.06. The van der Waals surface area contributed by atoms with Crippen molar-refractivity contribution in [3.05, 3.63) is 64.2 Å². The number of nitro benzene ring substituents is 1. The molecule has 0 heterocycles. The van der Waals surface area contributed by atoms with Gasteiger partial charge in [-0.15, -0.1) is 0 Å². The lowest BCUT2D eigenvalue weighted by molar-refractivity contribution is -0.384. The average Bonchev–Trinajstić information content (AvgIpc) is 2.53. The molecule has 1 unspecified atom stereocenters. The van der Waals surface area contributed by atoms with Gasteiger partial charge in [0.15, 0.2) is 0 Å². The van der Waals surface area contributed by atoms with Gasteiger partial charge in [0, 0.05) is 17.8 Å². The number of hydrogen-bond donors (Lipinski definition) is 3. The van der Waals surface area contributed by atoms with E-state index in [4.69, 9.17) is 5.84 Å². The van der Waals surface area contributed by atoms with Crippen LogP contribution in [0.4, 0.5) is 17.1 Å². The van der Waals surface area contributed by atoms with Crippen molar-refractivity contribution in [2.45, 2.75) is 19.4 Å². The summed E-state index contributed by atoms with van der Waals surface area (Å²) in [6, 6.07) is 14.7. The number of anilines is 2. The second-order valence-electron chi connectivity index (χ2n) is 4.69. The fourth-order valence-electron chi connectivity index (χ4n) is 2.19. The van der Waals surface area contributed by atoms with E-state index in [0.717, 1.165) is 12.0 Å². The molecule has 0 saturated carbocycles. The largest absolute Gasteiger partial charge is 0.378 e. The van der Waals surface area contributed by atoms with Crippen LogP contribution >= 0.6 is 0 Å². The van der Waals surface area contributed by atoms with Crippen LogP contribution in [0.25, 0.3) is 0 Å². The second kappa shape index (κ2) is 6.71. The van der Waals surface area contributed by atoms with E-state index in [-0.39, 0.29) is 11.7 Å². The van der Waals surface area contributed by atoms with Gasteiger partial charge in [-0.2, -0.15) is 0 Å². The maximum absolute atomic E-state index is 11.0. The third-order valence-electron chi connectivity index (χ3n) is 3.25. The molecule has 0 aliphatic heterocycles. The minimum Gasteiger partial charge on any atom is -0.378 e. The summed E-state index contributed by atoms with van der Waals surface area (Å²) >= 11 is 0. The smallest absolute Gasteiger partial charge is 0.273 e. The number of hydrazine groups is 1. The van der Waals surface area contributed by atoms with E-state index in [1.54, 1.807) is 6.07 Å². The van der Waals surface area contributed by atoms with E-state index in [9.17, 15) is 10.1 Å². The molecule has 2 aromatic rings. The number of benzene rings is 2. The Morgan fingerprint density at radius 1 is 1.19 bits per heavy atom. The predicted molar refractivity (Wildman–Crippen MR) is 84.0 cm³/mol. The predicted octanol–water partition coefficient (Wildman–Crippen LogP) is 3.44. The minimum absolute atomic E-state index is 0.00383. The zero-order valence-electron chi connectivity index (χ0n) is 11.7. The topological polar surface area (TPSA) is 93.2 Å². The fourth-order valence-corrected chi connectivity index (χ4v) is 2.19. The van der Waals surface area contributed by atoms with Crippen LogP contribution in [0, 0.1) is 10.1 Å². The molecule has 2 aromatic carbocycles. The highest BCUT2D eigenvalue weighted by atomic mass is 16.6. The molecule has 6 heteroatoms. The van der Waals surface area contributed by atoms with Crippen molar-refractivity contribution in [3.8, 4) is 0 Å². The molecular formula is C15H18N4O2. The zero-order valence-corrected chi connectivity index (χ0v) is 11.7. The number of nitrogens with zero attached hydrogens (tertiary/aromatic N) is 1. The normalized spacial score (nSPS) is 11.7. The molecule has 0 bridgehead atoms. The van der Waals surface area contributed by atoms with Gasteiger partial charge in [0.1, 0.15) is 0 Å². The molecule has 0 aromatic heterocycles. The van der Waals surface area contributed by atoms with E-state index < -0.39 is 4.92 Å². The maximum atomic E-state index is 11.0. The number of nitro groups is 1. The van der Waals surface area contributed by atoms with Crippen LogP contribution in [0.5, 0.6) is 0 Å². The first-order chi connectivity index (χ1) is 10.1. The van der Waals surface area contributed by atoms with Crippen molar-refractivity contribution in [2.24, 2.45) is 5.84 Å².